The van der Waals surface area contributed by atoms with Crippen LogP contribution in [0.5, 0.6) is 0 Å². The number of thioether (sulfide) groups is 1. The van der Waals surface area contributed by atoms with E-state index in [0.29, 0.717) is 16.9 Å². The first kappa shape index (κ1) is 19.6. The molecule has 0 atom stereocenters. The number of imidazole rings is 1. The lowest BCUT2D eigenvalue weighted by Crippen LogP contribution is -2.19. The van der Waals surface area contributed by atoms with E-state index in [1.807, 2.05) is 24.3 Å². The summed E-state index contributed by atoms with van der Waals surface area (Å²) in [5.74, 6) is 0.832. The summed E-state index contributed by atoms with van der Waals surface area (Å²) in [5.41, 5.74) is 6.01. The Labute approximate surface area is 178 Å². The Balaban J connectivity index is 1.39. The quantitative estimate of drug-likeness (QED) is 0.367. The summed E-state index contributed by atoms with van der Waals surface area (Å²) in [6.45, 7) is 2.08. The molecule has 6 nitrogen and oxygen atoms in total. The summed E-state index contributed by atoms with van der Waals surface area (Å²) in [7, 11) is 0. The summed E-state index contributed by atoms with van der Waals surface area (Å²) in [6.07, 6.45) is 0. The lowest BCUT2D eigenvalue weighted by molar-refractivity contribution is 0.262. The molecule has 0 radical (unpaired) electrons. The molecule has 0 aliphatic rings. The van der Waals surface area contributed by atoms with Crippen LogP contribution in [0.1, 0.15) is 16.7 Å². The molecular formula is C23H19N5OS. The molecule has 0 bridgehead atoms. The minimum absolute atomic E-state index is 0.354. The van der Waals surface area contributed by atoms with Crippen molar-refractivity contribution in [1.29, 1.82) is 5.26 Å². The van der Waals surface area contributed by atoms with Crippen LogP contribution in [0.2, 0.25) is 0 Å². The highest BCUT2D eigenvalue weighted by Gasteiger charge is 2.07. The Kier molecular flexibility index (Phi) is 5.68. The van der Waals surface area contributed by atoms with Gasteiger partial charge >= 0.3 is 6.03 Å². The number of H-pyrrole nitrogens is 1. The zero-order chi connectivity index (χ0) is 20.9. The van der Waals surface area contributed by atoms with Crippen LogP contribution in [0.15, 0.2) is 71.9 Å². The molecule has 4 aromatic rings. The van der Waals surface area contributed by atoms with E-state index >= 15 is 0 Å². The highest BCUT2D eigenvalue weighted by Crippen LogP contribution is 2.25. The first-order valence-corrected chi connectivity index (χ1v) is 10.3. The standard InChI is InChI=1S/C23H19N5OS/c1-15-2-4-17(5-3-15)14-30-23-27-20-11-10-19(12-21(20)28-23)26-22(29)25-18-8-6-16(13-24)7-9-18/h2-12H,14H2,1H3,(H,27,28)(H2,25,26,29). The van der Waals surface area contributed by atoms with Gasteiger partial charge in [0.05, 0.1) is 22.7 Å². The Morgan fingerprint density at radius 2 is 1.73 bits per heavy atom. The number of rotatable bonds is 5. The Hall–Kier alpha value is -3.76. The molecule has 0 spiro atoms. The molecule has 1 heterocycles. The van der Waals surface area contributed by atoms with Crippen molar-refractivity contribution in [2.75, 3.05) is 10.6 Å². The fourth-order valence-corrected chi connectivity index (χ4v) is 3.73. The number of aryl methyl sites for hydroxylation is 1. The van der Waals surface area contributed by atoms with Crippen LogP contribution in [0.25, 0.3) is 11.0 Å². The normalized spacial score (nSPS) is 10.5. The molecule has 7 heteroatoms. The van der Waals surface area contributed by atoms with Gasteiger partial charge < -0.3 is 15.6 Å². The molecule has 0 aliphatic heterocycles. The van der Waals surface area contributed by atoms with E-state index in [2.05, 4.69) is 51.8 Å². The molecule has 0 unspecified atom stereocenters. The second-order valence-electron chi connectivity index (χ2n) is 6.82. The SMILES string of the molecule is Cc1ccc(CSc2nc3ccc(NC(=O)Nc4ccc(C#N)cc4)cc3[nH]2)cc1. The third-order valence-corrected chi connectivity index (χ3v) is 5.43. The number of nitrogens with zero attached hydrogens (tertiary/aromatic N) is 2. The number of fused-ring (bicyclic) bond motifs is 1. The fourth-order valence-electron chi connectivity index (χ4n) is 2.89. The number of benzene rings is 3. The molecule has 2 amide bonds. The van der Waals surface area contributed by atoms with Crippen LogP contribution < -0.4 is 10.6 Å². The molecular weight excluding hydrogens is 394 g/mol. The number of aromatic nitrogens is 2. The second-order valence-corrected chi connectivity index (χ2v) is 7.78. The van der Waals surface area contributed by atoms with E-state index in [0.717, 1.165) is 21.9 Å². The molecule has 3 N–H and O–H groups in total. The maximum absolute atomic E-state index is 12.2. The summed E-state index contributed by atoms with van der Waals surface area (Å²) in [5, 5.41) is 15.2. The summed E-state index contributed by atoms with van der Waals surface area (Å²) >= 11 is 1.64. The van der Waals surface area contributed by atoms with Crippen LogP contribution in [-0.4, -0.2) is 16.0 Å². The van der Waals surface area contributed by atoms with Crippen LogP contribution in [-0.2, 0) is 5.75 Å². The van der Waals surface area contributed by atoms with E-state index in [4.69, 9.17) is 5.26 Å². The van der Waals surface area contributed by atoms with Gasteiger partial charge in [0, 0.05) is 17.1 Å². The number of carbonyl (C=O) groups excluding carboxylic acids is 1. The third kappa shape index (κ3) is 4.80. The van der Waals surface area contributed by atoms with Crippen molar-refractivity contribution in [3.05, 3.63) is 83.4 Å². The van der Waals surface area contributed by atoms with E-state index in [1.165, 1.54) is 11.1 Å². The first-order valence-electron chi connectivity index (χ1n) is 9.35. The maximum atomic E-state index is 12.2. The van der Waals surface area contributed by atoms with E-state index in [9.17, 15) is 4.79 Å². The molecule has 0 aliphatic carbocycles. The van der Waals surface area contributed by atoms with Crippen LogP contribution in [0, 0.1) is 18.3 Å². The predicted molar refractivity (Wildman–Crippen MR) is 121 cm³/mol. The van der Waals surface area contributed by atoms with E-state index < -0.39 is 0 Å². The number of nitriles is 1. The zero-order valence-electron chi connectivity index (χ0n) is 16.3. The number of hydrogen-bond donors (Lipinski definition) is 3. The van der Waals surface area contributed by atoms with Crippen molar-refractivity contribution in [2.24, 2.45) is 0 Å². The van der Waals surface area contributed by atoms with Gasteiger partial charge in [0.1, 0.15) is 0 Å². The van der Waals surface area contributed by atoms with Crippen molar-refractivity contribution >= 4 is 40.2 Å². The van der Waals surface area contributed by atoms with Crippen molar-refractivity contribution in [1.82, 2.24) is 9.97 Å². The van der Waals surface area contributed by atoms with Gasteiger partial charge in [-0.3, -0.25) is 0 Å². The second kappa shape index (κ2) is 8.72. The van der Waals surface area contributed by atoms with Crippen molar-refractivity contribution < 1.29 is 4.79 Å². The summed E-state index contributed by atoms with van der Waals surface area (Å²) < 4.78 is 0. The van der Waals surface area contributed by atoms with Crippen molar-refractivity contribution in [3.63, 3.8) is 0 Å². The molecule has 0 saturated heterocycles. The number of carbonyl (C=O) groups is 1. The number of amides is 2. The summed E-state index contributed by atoms with van der Waals surface area (Å²) in [6, 6.07) is 22.4. The summed E-state index contributed by atoms with van der Waals surface area (Å²) in [4.78, 5) is 20.1. The molecule has 1 aromatic heterocycles. The minimum atomic E-state index is -0.354. The van der Waals surface area contributed by atoms with Crippen LogP contribution in [0.4, 0.5) is 16.2 Å². The number of hydrogen-bond acceptors (Lipinski definition) is 4. The average molecular weight is 414 g/mol. The average Bonchev–Trinajstić information content (AvgIpc) is 3.16. The molecule has 148 valence electrons. The monoisotopic (exact) mass is 413 g/mol. The topological polar surface area (TPSA) is 93.6 Å². The van der Waals surface area contributed by atoms with Gasteiger partial charge in [-0.2, -0.15) is 5.26 Å². The van der Waals surface area contributed by atoms with Crippen LogP contribution in [0.3, 0.4) is 0 Å². The lowest BCUT2D eigenvalue weighted by atomic mass is 10.2. The van der Waals surface area contributed by atoms with Gasteiger partial charge in [0.25, 0.3) is 0 Å². The Morgan fingerprint density at radius 3 is 2.47 bits per heavy atom. The number of aromatic amines is 1. The van der Waals surface area contributed by atoms with Gasteiger partial charge in [-0.05, 0) is 55.0 Å². The van der Waals surface area contributed by atoms with Gasteiger partial charge in [0.2, 0.25) is 0 Å². The van der Waals surface area contributed by atoms with Gasteiger partial charge in [-0.25, -0.2) is 9.78 Å². The molecule has 0 saturated carbocycles. The molecule has 4 rings (SSSR count). The highest BCUT2D eigenvalue weighted by atomic mass is 32.2. The Morgan fingerprint density at radius 1 is 1.03 bits per heavy atom. The van der Waals surface area contributed by atoms with Gasteiger partial charge in [-0.15, -0.1) is 0 Å². The fraction of sp³-hybridized carbons (Fsp3) is 0.0870. The zero-order valence-corrected chi connectivity index (χ0v) is 17.1. The number of anilines is 2. The number of nitrogens with one attached hydrogen (secondary N) is 3. The molecule has 3 aromatic carbocycles. The molecule has 30 heavy (non-hydrogen) atoms. The lowest BCUT2D eigenvalue weighted by Gasteiger charge is -2.07. The third-order valence-electron chi connectivity index (χ3n) is 4.49. The maximum Gasteiger partial charge on any atom is 0.323 e. The first-order chi connectivity index (χ1) is 14.6. The predicted octanol–water partition coefficient (Wildman–Crippen LogP) is 5.68. The largest absolute Gasteiger partial charge is 0.333 e. The Bertz CT molecular complexity index is 1220. The van der Waals surface area contributed by atoms with Crippen molar-refractivity contribution in [3.8, 4) is 6.07 Å². The van der Waals surface area contributed by atoms with Crippen molar-refractivity contribution in [2.45, 2.75) is 17.8 Å². The van der Waals surface area contributed by atoms with Gasteiger partial charge in [-0.1, -0.05) is 41.6 Å². The minimum Gasteiger partial charge on any atom is -0.333 e. The van der Waals surface area contributed by atoms with Crippen LogP contribution >= 0.6 is 11.8 Å². The van der Waals surface area contributed by atoms with E-state index in [1.54, 1.807) is 36.0 Å². The molecule has 0 fully saturated rings. The van der Waals surface area contributed by atoms with Gasteiger partial charge in [0.15, 0.2) is 5.16 Å². The smallest absolute Gasteiger partial charge is 0.323 e. The highest BCUT2D eigenvalue weighted by molar-refractivity contribution is 7.98. The number of urea groups is 1. The van der Waals surface area contributed by atoms with E-state index in [-0.39, 0.29) is 6.03 Å².